The predicted octanol–water partition coefficient (Wildman–Crippen LogP) is 3.36. The number of nitrogens with one attached hydrogen (secondary N) is 1. The van der Waals surface area contributed by atoms with Gasteiger partial charge in [-0.3, -0.25) is 9.59 Å². The lowest BCUT2D eigenvalue weighted by molar-refractivity contribution is -0.118. The molecule has 4 rings (SSSR count). The largest absolute Gasteiger partial charge is 0.360 e. The Bertz CT molecular complexity index is 854. The highest BCUT2D eigenvalue weighted by atomic mass is 32.2. The molecule has 134 valence electrons. The molecule has 2 aromatic rings. The average Bonchev–Trinajstić information content (AvgIpc) is 2.76. The highest BCUT2D eigenvalue weighted by Crippen LogP contribution is 2.35. The molecule has 0 fully saturated rings. The van der Waals surface area contributed by atoms with Crippen LogP contribution in [0.3, 0.4) is 0 Å². The van der Waals surface area contributed by atoms with Gasteiger partial charge in [-0.1, -0.05) is 24.3 Å². The van der Waals surface area contributed by atoms with Crippen molar-refractivity contribution in [3.05, 3.63) is 48.5 Å². The van der Waals surface area contributed by atoms with Gasteiger partial charge in [-0.25, -0.2) is 0 Å². The number of thioether (sulfide) groups is 1. The van der Waals surface area contributed by atoms with E-state index in [0.717, 1.165) is 23.7 Å². The number of carbonyl (C=O) groups excluding carboxylic acids is 2. The Hall–Kier alpha value is -2.47. The van der Waals surface area contributed by atoms with Crippen molar-refractivity contribution in [1.82, 2.24) is 0 Å². The summed E-state index contributed by atoms with van der Waals surface area (Å²) in [5.41, 5.74) is 2.59. The average molecular weight is 367 g/mol. The van der Waals surface area contributed by atoms with Crippen LogP contribution in [0.2, 0.25) is 0 Å². The second kappa shape index (κ2) is 7.03. The Balaban J connectivity index is 1.63. The van der Waals surface area contributed by atoms with Gasteiger partial charge >= 0.3 is 0 Å². The van der Waals surface area contributed by atoms with E-state index in [4.69, 9.17) is 0 Å². The van der Waals surface area contributed by atoms with E-state index in [9.17, 15) is 9.59 Å². The fourth-order valence-corrected chi connectivity index (χ4v) is 4.65. The molecule has 0 aliphatic carbocycles. The van der Waals surface area contributed by atoms with E-state index in [1.165, 1.54) is 4.90 Å². The molecule has 0 bridgehead atoms. The van der Waals surface area contributed by atoms with Crippen molar-refractivity contribution in [2.45, 2.75) is 24.3 Å². The number of carbonyl (C=O) groups is 2. The third kappa shape index (κ3) is 3.17. The zero-order valence-electron chi connectivity index (χ0n) is 14.6. The summed E-state index contributed by atoms with van der Waals surface area (Å²) in [5, 5.41) is 2.91. The highest BCUT2D eigenvalue weighted by Gasteiger charge is 2.31. The van der Waals surface area contributed by atoms with Crippen molar-refractivity contribution in [3.8, 4) is 0 Å². The number of rotatable bonds is 2. The maximum absolute atomic E-state index is 13.2. The van der Waals surface area contributed by atoms with Crippen LogP contribution in [0.4, 0.5) is 17.1 Å². The smallest absolute Gasteiger partial charge is 0.246 e. The van der Waals surface area contributed by atoms with Crippen LogP contribution in [0, 0.1) is 0 Å². The summed E-state index contributed by atoms with van der Waals surface area (Å²) < 4.78 is 0. The van der Waals surface area contributed by atoms with Gasteiger partial charge in [-0.15, -0.1) is 11.8 Å². The van der Waals surface area contributed by atoms with Gasteiger partial charge in [-0.05, 0) is 31.2 Å². The normalized spacial score (nSPS) is 19.3. The van der Waals surface area contributed by atoms with Gasteiger partial charge in [0.1, 0.15) is 0 Å². The number of hydrogen-bond donors (Lipinski definition) is 1. The molecule has 2 heterocycles. The van der Waals surface area contributed by atoms with E-state index in [-0.39, 0.29) is 17.9 Å². The van der Waals surface area contributed by atoms with Gasteiger partial charge in [0.2, 0.25) is 11.8 Å². The van der Waals surface area contributed by atoms with Gasteiger partial charge in [-0.2, -0.15) is 0 Å². The summed E-state index contributed by atoms with van der Waals surface area (Å²) in [7, 11) is 0. The van der Waals surface area contributed by atoms with Crippen molar-refractivity contribution in [3.63, 3.8) is 0 Å². The van der Waals surface area contributed by atoms with E-state index < -0.39 is 0 Å². The lowest BCUT2D eigenvalue weighted by atomic mass is 10.1. The minimum absolute atomic E-state index is 0.0168. The first kappa shape index (κ1) is 17.0. The summed E-state index contributed by atoms with van der Waals surface area (Å²) in [6.45, 7) is 3.08. The van der Waals surface area contributed by atoms with Crippen LogP contribution >= 0.6 is 11.8 Å². The molecule has 26 heavy (non-hydrogen) atoms. The molecule has 2 aromatic carbocycles. The first-order valence-electron chi connectivity index (χ1n) is 8.81. The second-order valence-electron chi connectivity index (χ2n) is 6.62. The number of para-hydroxylation sites is 3. The molecule has 0 spiro atoms. The van der Waals surface area contributed by atoms with Crippen LogP contribution in [0.1, 0.15) is 13.3 Å². The van der Waals surface area contributed by atoms with E-state index >= 15 is 0 Å². The highest BCUT2D eigenvalue weighted by molar-refractivity contribution is 7.99. The summed E-state index contributed by atoms with van der Waals surface area (Å²) in [6.07, 6.45) is 0.298. The summed E-state index contributed by atoms with van der Waals surface area (Å²) >= 11 is 1.83. The molecule has 1 N–H and O–H groups in total. The van der Waals surface area contributed by atoms with Gasteiger partial charge in [0.05, 0.1) is 23.6 Å². The van der Waals surface area contributed by atoms with Crippen LogP contribution < -0.4 is 15.1 Å². The Morgan fingerprint density at radius 1 is 1.15 bits per heavy atom. The van der Waals surface area contributed by atoms with Crippen LogP contribution in [-0.2, 0) is 9.59 Å². The lowest BCUT2D eigenvalue weighted by Gasteiger charge is -2.34. The molecule has 2 aliphatic heterocycles. The number of fused-ring (bicyclic) bond motifs is 2. The van der Waals surface area contributed by atoms with E-state index in [0.29, 0.717) is 18.7 Å². The Morgan fingerprint density at radius 2 is 1.88 bits per heavy atom. The van der Waals surface area contributed by atoms with Gasteiger partial charge < -0.3 is 15.1 Å². The quantitative estimate of drug-likeness (QED) is 0.884. The SMILES string of the molecule is C[C@H]1CC(=O)Nc2ccccc2N1C(=O)CN1CCSc2ccccc21. The monoisotopic (exact) mass is 367 g/mol. The third-order valence-electron chi connectivity index (χ3n) is 4.78. The van der Waals surface area contributed by atoms with Crippen LogP contribution in [-0.4, -0.2) is 36.7 Å². The van der Waals surface area contributed by atoms with Crippen LogP contribution in [0.5, 0.6) is 0 Å². The summed E-state index contributed by atoms with van der Waals surface area (Å²) in [6, 6.07) is 15.5. The van der Waals surface area contributed by atoms with E-state index in [2.05, 4.69) is 22.3 Å². The molecule has 2 aliphatic rings. The molecular formula is C20H21N3O2S. The maximum Gasteiger partial charge on any atom is 0.246 e. The van der Waals surface area contributed by atoms with Crippen molar-refractivity contribution in [2.75, 3.05) is 34.0 Å². The Kier molecular flexibility index (Phi) is 4.59. The standard InChI is InChI=1S/C20H21N3O2S/c1-14-12-19(24)21-15-6-2-3-7-16(15)23(14)20(25)13-22-10-11-26-18-9-5-4-8-17(18)22/h2-9,14H,10-13H2,1H3,(H,21,24)/t14-/m0/s1. The first-order valence-corrected chi connectivity index (χ1v) is 9.80. The van der Waals surface area contributed by atoms with Gasteiger partial charge in [0, 0.05) is 29.7 Å². The predicted molar refractivity (Wildman–Crippen MR) is 106 cm³/mol. The molecule has 0 unspecified atom stereocenters. The zero-order valence-corrected chi connectivity index (χ0v) is 15.5. The van der Waals surface area contributed by atoms with Crippen molar-refractivity contribution in [2.24, 2.45) is 0 Å². The Morgan fingerprint density at radius 3 is 2.73 bits per heavy atom. The summed E-state index contributed by atoms with van der Waals surface area (Å²) in [5.74, 6) is 0.930. The second-order valence-corrected chi connectivity index (χ2v) is 7.76. The topological polar surface area (TPSA) is 52.7 Å². The first-order chi connectivity index (χ1) is 12.6. The Labute approximate surface area is 157 Å². The van der Waals surface area contributed by atoms with E-state index in [1.54, 1.807) is 4.90 Å². The fraction of sp³-hybridized carbons (Fsp3) is 0.300. The van der Waals surface area contributed by atoms with Crippen molar-refractivity contribution >= 4 is 40.6 Å². The zero-order chi connectivity index (χ0) is 18.1. The number of nitrogens with zero attached hydrogens (tertiary/aromatic N) is 2. The molecule has 5 nitrogen and oxygen atoms in total. The molecule has 0 aromatic heterocycles. The molecule has 1 atom stereocenters. The van der Waals surface area contributed by atoms with Crippen LogP contribution in [0.15, 0.2) is 53.4 Å². The van der Waals surface area contributed by atoms with Gasteiger partial charge in [0.25, 0.3) is 0 Å². The summed E-state index contributed by atoms with van der Waals surface area (Å²) in [4.78, 5) is 30.5. The molecule has 0 saturated carbocycles. The number of amides is 2. The molecule has 2 amide bonds. The molecule has 6 heteroatoms. The van der Waals surface area contributed by atoms with Gasteiger partial charge in [0.15, 0.2) is 0 Å². The van der Waals surface area contributed by atoms with Crippen molar-refractivity contribution < 1.29 is 9.59 Å². The number of benzene rings is 2. The fourth-order valence-electron chi connectivity index (χ4n) is 3.60. The molecular weight excluding hydrogens is 346 g/mol. The molecule has 0 saturated heterocycles. The molecule has 0 radical (unpaired) electrons. The maximum atomic E-state index is 13.2. The minimum Gasteiger partial charge on any atom is -0.360 e. The van der Waals surface area contributed by atoms with Crippen LogP contribution in [0.25, 0.3) is 0 Å². The number of hydrogen-bond acceptors (Lipinski definition) is 4. The third-order valence-corrected chi connectivity index (χ3v) is 5.82. The minimum atomic E-state index is -0.180. The number of anilines is 3. The lowest BCUT2D eigenvalue weighted by Crippen LogP contribution is -2.46. The van der Waals surface area contributed by atoms with E-state index in [1.807, 2.05) is 55.1 Å². The van der Waals surface area contributed by atoms with Crippen molar-refractivity contribution in [1.29, 1.82) is 0 Å².